The average Bonchev–Trinajstić information content (AvgIpc) is 2.30. The van der Waals surface area contributed by atoms with E-state index in [0.29, 0.717) is 5.69 Å². The first-order valence-corrected chi connectivity index (χ1v) is 3.59. The lowest BCUT2D eigenvalue weighted by molar-refractivity contribution is 1.05. The Balaban J connectivity index is 0.000000845. The quantitative estimate of drug-likeness (QED) is 0.636. The van der Waals surface area contributed by atoms with Crippen LogP contribution in [-0.2, 0) is 0 Å². The van der Waals surface area contributed by atoms with Gasteiger partial charge in [-0.1, -0.05) is 18.2 Å². The summed E-state index contributed by atoms with van der Waals surface area (Å²) in [5, 5.41) is 7.47. The Morgan fingerprint density at radius 1 is 1.08 bits per heavy atom. The number of hydrogen-bond acceptors (Lipinski definition) is 3. The molecular weight excluding hydrogens is 188 g/mol. The Hall–Kier alpha value is -1.48. The third-order valence-electron chi connectivity index (χ3n) is 1.62. The van der Waals surface area contributed by atoms with Gasteiger partial charge in [0.2, 0.25) is 5.43 Å². The molecule has 0 unspecified atom stereocenters. The van der Waals surface area contributed by atoms with Gasteiger partial charge in [0, 0.05) is 11.8 Å². The van der Waals surface area contributed by atoms with Gasteiger partial charge in [-0.3, -0.25) is 4.79 Å². The van der Waals surface area contributed by atoms with Crippen LogP contribution in [0.15, 0.2) is 41.3 Å². The fourth-order valence-corrected chi connectivity index (χ4v) is 1.06. The molecule has 4 heteroatoms. The summed E-state index contributed by atoms with van der Waals surface area (Å²) in [4.78, 5) is 11.2. The molecule has 0 atom stereocenters. The number of fused-ring (bicyclic) bond motifs is 1. The molecule has 0 saturated carbocycles. The second kappa shape index (κ2) is 3.96. The minimum Gasteiger partial charge on any atom is -0.287 e. The first-order chi connectivity index (χ1) is 5.88. The molecule has 1 heterocycles. The molecule has 0 spiro atoms. The van der Waals surface area contributed by atoms with Gasteiger partial charge in [0.25, 0.3) is 0 Å². The third kappa shape index (κ3) is 1.81. The first-order valence-electron chi connectivity index (χ1n) is 3.59. The van der Waals surface area contributed by atoms with E-state index >= 15 is 0 Å². The minimum absolute atomic E-state index is 0. The fourth-order valence-electron chi connectivity index (χ4n) is 1.06. The second-order valence-electron chi connectivity index (χ2n) is 2.42. The molecule has 0 aromatic carbocycles. The van der Waals surface area contributed by atoms with Gasteiger partial charge >= 0.3 is 0 Å². The van der Waals surface area contributed by atoms with Crippen LogP contribution in [0.25, 0.3) is 11.3 Å². The molecule has 66 valence electrons. The Labute approximate surface area is 81.2 Å². The van der Waals surface area contributed by atoms with Gasteiger partial charge in [0.05, 0.1) is 0 Å². The molecule has 0 amide bonds. The van der Waals surface area contributed by atoms with Crippen molar-refractivity contribution in [2.45, 2.75) is 0 Å². The fraction of sp³-hybridized carbons (Fsp3) is 0. The average molecular weight is 195 g/mol. The van der Waals surface area contributed by atoms with Gasteiger partial charge < -0.3 is 0 Å². The van der Waals surface area contributed by atoms with Crippen molar-refractivity contribution in [2.75, 3.05) is 0 Å². The second-order valence-corrected chi connectivity index (χ2v) is 2.42. The van der Waals surface area contributed by atoms with E-state index in [1.54, 1.807) is 18.3 Å². The predicted octanol–water partition coefficient (Wildman–Crippen LogP) is 1.36. The highest BCUT2D eigenvalue weighted by molar-refractivity contribution is 5.85. The van der Waals surface area contributed by atoms with Crippen LogP contribution in [0.2, 0.25) is 0 Å². The molecule has 0 bridgehead atoms. The lowest BCUT2D eigenvalue weighted by Gasteiger charge is -1.93. The molecule has 1 aliphatic heterocycles. The van der Waals surface area contributed by atoms with Crippen molar-refractivity contribution in [3.63, 3.8) is 0 Å². The van der Waals surface area contributed by atoms with E-state index in [1.807, 2.05) is 12.1 Å². The van der Waals surface area contributed by atoms with Gasteiger partial charge in [0.15, 0.2) is 0 Å². The molecule has 2 rings (SSSR count). The van der Waals surface area contributed by atoms with Crippen LogP contribution in [0.5, 0.6) is 0 Å². The SMILES string of the molecule is Cl.O=c1cccc2cccnnc1-2. The van der Waals surface area contributed by atoms with Crippen LogP contribution in [0.3, 0.4) is 0 Å². The normalized spacial score (nSPS) is 9.23. The van der Waals surface area contributed by atoms with Crippen molar-refractivity contribution in [1.29, 1.82) is 0 Å². The summed E-state index contributed by atoms with van der Waals surface area (Å²) in [5.41, 5.74) is 1.15. The number of aromatic nitrogens is 2. The summed E-state index contributed by atoms with van der Waals surface area (Å²) >= 11 is 0. The van der Waals surface area contributed by atoms with Crippen LogP contribution in [0, 0.1) is 0 Å². The highest BCUT2D eigenvalue weighted by Crippen LogP contribution is 2.09. The third-order valence-corrected chi connectivity index (χ3v) is 1.62. The van der Waals surface area contributed by atoms with Crippen molar-refractivity contribution in [3.8, 4) is 11.3 Å². The van der Waals surface area contributed by atoms with Crippen LogP contribution in [0.1, 0.15) is 0 Å². The van der Waals surface area contributed by atoms with Crippen LogP contribution in [0.4, 0.5) is 0 Å². The highest BCUT2D eigenvalue weighted by Gasteiger charge is 2.02. The van der Waals surface area contributed by atoms with Crippen molar-refractivity contribution in [3.05, 3.63) is 46.8 Å². The van der Waals surface area contributed by atoms with Crippen molar-refractivity contribution >= 4 is 12.4 Å². The summed E-state index contributed by atoms with van der Waals surface area (Å²) < 4.78 is 0. The van der Waals surface area contributed by atoms with Crippen molar-refractivity contribution in [1.82, 2.24) is 10.2 Å². The summed E-state index contributed by atoms with van der Waals surface area (Å²) in [6, 6.07) is 8.61. The summed E-state index contributed by atoms with van der Waals surface area (Å²) in [6.07, 6.45) is 1.56. The Bertz CT molecular complexity index is 433. The highest BCUT2D eigenvalue weighted by atomic mass is 35.5. The van der Waals surface area contributed by atoms with E-state index in [0.717, 1.165) is 5.56 Å². The first kappa shape index (κ1) is 9.61. The maximum atomic E-state index is 11.2. The molecule has 0 aromatic heterocycles. The molecule has 2 aliphatic rings. The number of halogens is 1. The lowest BCUT2D eigenvalue weighted by Crippen LogP contribution is -2.04. The maximum Gasteiger partial charge on any atom is 0.206 e. The van der Waals surface area contributed by atoms with E-state index in [-0.39, 0.29) is 17.8 Å². The standard InChI is InChI=1S/C9H6N2O.ClH/c12-8-5-1-3-7-4-2-6-10-11-9(7)8;/h1-6H;1H. The maximum absolute atomic E-state index is 11.2. The van der Waals surface area contributed by atoms with E-state index in [4.69, 9.17) is 0 Å². The zero-order valence-electron chi connectivity index (χ0n) is 6.68. The molecule has 0 saturated heterocycles. The Morgan fingerprint density at radius 3 is 2.69 bits per heavy atom. The topological polar surface area (TPSA) is 42.9 Å². The number of hydrogen-bond donors (Lipinski definition) is 0. The Morgan fingerprint density at radius 2 is 1.85 bits per heavy atom. The van der Waals surface area contributed by atoms with Gasteiger partial charge in [-0.15, -0.1) is 17.5 Å². The van der Waals surface area contributed by atoms with Crippen LogP contribution >= 0.6 is 12.4 Å². The predicted molar refractivity (Wildman–Crippen MR) is 52.2 cm³/mol. The van der Waals surface area contributed by atoms with E-state index < -0.39 is 0 Å². The summed E-state index contributed by atoms with van der Waals surface area (Å²) in [6.45, 7) is 0. The van der Waals surface area contributed by atoms with Crippen LogP contribution < -0.4 is 5.43 Å². The molecule has 0 radical (unpaired) electrons. The van der Waals surface area contributed by atoms with E-state index in [1.165, 1.54) is 6.07 Å². The van der Waals surface area contributed by atoms with Gasteiger partial charge in [0.1, 0.15) is 5.69 Å². The lowest BCUT2D eigenvalue weighted by atomic mass is 10.1. The molecule has 0 N–H and O–H groups in total. The number of rotatable bonds is 0. The largest absolute Gasteiger partial charge is 0.287 e. The van der Waals surface area contributed by atoms with Gasteiger partial charge in [-0.25, -0.2) is 0 Å². The minimum atomic E-state index is -0.0869. The molecule has 0 aromatic rings. The molecular formula is C9H7ClN2O. The van der Waals surface area contributed by atoms with Crippen LogP contribution in [-0.4, -0.2) is 10.2 Å². The van der Waals surface area contributed by atoms with Crippen molar-refractivity contribution < 1.29 is 0 Å². The molecule has 3 nitrogen and oxygen atoms in total. The van der Waals surface area contributed by atoms with Gasteiger partial charge in [-0.05, 0) is 12.1 Å². The molecule has 1 aliphatic carbocycles. The van der Waals surface area contributed by atoms with Crippen molar-refractivity contribution in [2.24, 2.45) is 0 Å². The van der Waals surface area contributed by atoms with Gasteiger partial charge in [-0.2, -0.15) is 5.10 Å². The smallest absolute Gasteiger partial charge is 0.206 e. The monoisotopic (exact) mass is 194 g/mol. The number of nitrogens with zero attached hydrogens (tertiary/aromatic N) is 2. The summed E-state index contributed by atoms with van der Waals surface area (Å²) in [5.74, 6) is 0. The van der Waals surface area contributed by atoms with E-state index in [9.17, 15) is 4.79 Å². The zero-order valence-corrected chi connectivity index (χ0v) is 7.49. The summed E-state index contributed by atoms with van der Waals surface area (Å²) in [7, 11) is 0. The molecule has 13 heavy (non-hydrogen) atoms. The Kier molecular flexibility index (Phi) is 2.93. The zero-order chi connectivity index (χ0) is 8.39. The molecule has 0 fully saturated rings. The van der Waals surface area contributed by atoms with E-state index in [2.05, 4.69) is 10.2 Å². The number of benzene rings is 1.